The van der Waals surface area contributed by atoms with Gasteiger partial charge in [-0.1, -0.05) is 5.16 Å². The highest BCUT2D eigenvalue weighted by atomic mass is 19.4. The standard InChI is InChI=1S/C16H12F4N6O/c17-10-3-1-6-21-11(10)15(4-2-5-15)25-14-22-7-9(8-23-14)12-24-13(27-26-12)16(18,19)20/h1,3,6-8H,2,4-5H2,(H,22,23,25). The Morgan fingerprint density at radius 3 is 2.41 bits per heavy atom. The Bertz CT molecular complexity index is 952. The first-order valence-electron chi connectivity index (χ1n) is 8.00. The number of hydrogen-bond acceptors (Lipinski definition) is 7. The second kappa shape index (κ2) is 6.25. The minimum absolute atomic E-state index is 0.159. The fraction of sp³-hybridized carbons (Fsp3) is 0.312. The van der Waals surface area contributed by atoms with Crippen LogP contribution in [0.3, 0.4) is 0 Å². The fourth-order valence-electron chi connectivity index (χ4n) is 2.87. The number of alkyl halides is 3. The number of aromatic nitrogens is 5. The lowest BCUT2D eigenvalue weighted by molar-refractivity contribution is -0.159. The Balaban J connectivity index is 1.56. The number of nitrogens with one attached hydrogen (secondary N) is 1. The van der Waals surface area contributed by atoms with Gasteiger partial charge in [0.2, 0.25) is 11.8 Å². The smallest absolute Gasteiger partial charge is 0.343 e. The molecule has 0 radical (unpaired) electrons. The molecule has 1 aliphatic carbocycles. The second-order valence-electron chi connectivity index (χ2n) is 6.11. The summed E-state index contributed by atoms with van der Waals surface area (Å²) in [5.74, 6) is -1.95. The van der Waals surface area contributed by atoms with Crippen LogP contribution in [0.1, 0.15) is 30.8 Å². The molecule has 1 N–H and O–H groups in total. The van der Waals surface area contributed by atoms with E-state index in [0.717, 1.165) is 6.42 Å². The van der Waals surface area contributed by atoms with Gasteiger partial charge in [0.15, 0.2) is 0 Å². The molecule has 4 rings (SSSR count). The monoisotopic (exact) mass is 380 g/mol. The Kier molecular flexibility index (Phi) is 4.01. The summed E-state index contributed by atoms with van der Waals surface area (Å²) >= 11 is 0. The Morgan fingerprint density at radius 2 is 1.85 bits per heavy atom. The van der Waals surface area contributed by atoms with Crippen molar-refractivity contribution in [3.8, 4) is 11.4 Å². The Morgan fingerprint density at radius 1 is 1.11 bits per heavy atom. The summed E-state index contributed by atoms with van der Waals surface area (Å²) in [5, 5.41) is 6.37. The van der Waals surface area contributed by atoms with Crippen molar-refractivity contribution in [1.29, 1.82) is 0 Å². The fourth-order valence-corrected chi connectivity index (χ4v) is 2.87. The normalized spacial score (nSPS) is 16.0. The first kappa shape index (κ1) is 17.3. The third kappa shape index (κ3) is 3.20. The highest BCUT2D eigenvalue weighted by molar-refractivity contribution is 5.52. The van der Waals surface area contributed by atoms with Crippen molar-refractivity contribution in [2.24, 2.45) is 0 Å². The van der Waals surface area contributed by atoms with Crippen molar-refractivity contribution < 1.29 is 22.1 Å². The van der Waals surface area contributed by atoms with Crippen molar-refractivity contribution in [3.05, 3.63) is 48.1 Å². The van der Waals surface area contributed by atoms with Gasteiger partial charge in [0.1, 0.15) is 11.5 Å². The predicted octanol–water partition coefficient (Wildman–Crippen LogP) is 3.57. The molecule has 0 spiro atoms. The summed E-state index contributed by atoms with van der Waals surface area (Å²) in [5.41, 5.74) is -0.258. The van der Waals surface area contributed by atoms with Crippen LogP contribution in [-0.2, 0) is 11.7 Å². The van der Waals surface area contributed by atoms with E-state index in [1.807, 2.05) is 0 Å². The quantitative estimate of drug-likeness (QED) is 0.692. The molecular weight excluding hydrogens is 368 g/mol. The number of hydrogen-bond donors (Lipinski definition) is 1. The Labute approximate surface area is 149 Å². The van der Waals surface area contributed by atoms with Gasteiger partial charge in [-0.2, -0.15) is 18.2 Å². The van der Waals surface area contributed by atoms with Crippen LogP contribution in [0.25, 0.3) is 11.4 Å². The summed E-state index contributed by atoms with van der Waals surface area (Å²) in [7, 11) is 0. The zero-order chi connectivity index (χ0) is 19.1. The molecule has 0 atom stereocenters. The first-order chi connectivity index (χ1) is 12.9. The van der Waals surface area contributed by atoms with Crippen LogP contribution >= 0.6 is 0 Å². The van der Waals surface area contributed by atoms with Crippen LogP contribution < -0.4 is 5.32 Å². The van der Waals surface area contributed by atoms with E-state index in [9.17, 15) is 17.6 Å². The molecule has 0 amide bonds. The maximum absolute atomic E-state index is 14.1. The number of nitrogens with zero attached hydrogens (tertiary/aromatic N) is 5. The average molecular weight is 380 g/mol. The maximum atomic E-state index is 14.1. The molecule has 1 fully saturated rings. The van der Waals surface area contributed by atoms with E-state index < -0.39 is 23.4 Å². The molecule has 3 aromatic rings. The van der Waals surface area contributed by atoms with E-state index in [-0.39, 0.29) is 23.0 Å². The van der Waals surface area contributed by atoms with Crippen molar-refractivity contribution in [2.45, 2.75) is 31.0 Å². The van der Waals surface area contributed by atoms with Crippen LogP contribution in [0.5, 0.6) is 0 Å². The highest BCUT2D eigenvalue weighted by Crippen LogP contribution is 2.43. The summed E-state index contributed by atoms with van der Waals surface area (Å²) in [4.78, 5) is 15.6. The molecule has 0 unspecified atom stereocenters. The lowest BCUT2D eigenvalue weighted by Gasteiger charge is -2.42. The first-order valence-corrected chi connectivity index (χ1v) is 8.00. The summed E-state index contributed by atoms with van der Waals surface area (Å²) < 4.78 is 55.9. The predicted molar refractivity (Wildman–Crippen MR) is 83.7 cm³/mol. The second-order valence-corrected chi connectivity index (χ2v) is 6.11. The molecular formula is C16H12F4N6O. The van der Waals surface area contributed by atoms with Crippen molar-refractivity contribution in [2.75, 3.05) is 5.32 Å². The third-order valence-corrected chi connectivity index (χ3v) is 4.35. The maximum Gasteiger partial charge on any atom is 0.471 e. The lowest BCUT2D eigenvalue weighted by Crippen LogP contribution is -2.44. The summed E-state index contributed by atoms with van der Waals surface area (Å²) in [6, 6.07) is 2.85. The Hall–Kier alpha value is -3.11. The topological polar surface area (TPSA) is 89.6 Å². The SMILES string of the molecule is Fc1cccnc1C1(Nc2ncc(-c3noc(C(F)(F)F)n3)cn2)CCC1. The number of halogens is 4. The van der Waals surface area contributed by atoms with Crippen LogP contribution in [0.15, 0.2) is 35.2 Å². The zero-order valence-electron chi connectivity index (χ0n) is 13.7. The molecule has 7 nitrogen and oxygen atoms in total. The molecule has 0 aromatic carbocycles. The minimum atomic E-state index is -4.73. The van der Waals surface area contributed by atoms with Gasteiger partial charge in [-0.3, -0.25) is 4.98 Å². The molecule has 140 valence electrons. The number of pyridine rings is 1. The molecule has 0 bridgehead atoms. The van der Waals surface area contributed by atoms with E-state index in [4.69, 9.17) is 0 Å². The minimum Gasteiger partial charge on any atom is -0.343 e. The van der Waals surface area contributed by atoms with Crippen molar-refractivity contribution in [3.63, 3.8) is 0 Å². The molecule has 0 aliphatic heterocycles. The van der Waals surface area contributed by atoms with Gasteiger partial charge in [0, 0.05) is 18.6 Å². The molecule has 0 saturated heterocycles. The third-order valence-electron chi connectivity index (χ3n) is 4.35. The van der Waals surface area contributed by atoms with Gasteiger partial charge in [0.25, 0.3) is 0 Å². The van der Waals surface area contributed by atoms with Crippen LogP contribution in [0.4, 0.5) is 23.5 Å². The van der Waals surface area contributed by atoms with E-state index in [1.54, 1.807) is 0 Å². The molecule has 3 aromatic heterocycles. The van der Waals surface area contributed by atoms with Gasteiger partial charge < -0.3 is 9.84 Å². The van der Waals surface area contributed by atoms with Crippen molar-refractivity contribution >= 4 is 5.95 Å². The van der Waals surface area contributed by atoms with E-state index in [2.05, 4.69) is 34.9 Å². The van der Waals surface area contributed by atoms with Gasteiger partial charge in [-0.05, 0) is 31.4 Å². The molecule has 27 heavy (non-hydrogen) atoms. The van der Waals surface area contributed by atoms with Crippen LogP contribution in [0.2, 0.25) is 0 Å². The molecule has 3 heterocycles. The van der Waals surface area contributed by atoms with Crippen LogP contribution in [-0.4, -0.2) is 25.1 Å². The summed E-state index contributed by atoms with van der Waals surface area (Å²) in [6.45, 7) is 0. The largest absolute Gasteiger partial charge is 0.471 e. The van der Waals surface area contributed by atoms with Gasteiger partial charge >= 0.3 is 12.1 Å². The molecule has 1 aliphatic rings. The molecule has 1 saturated carbocycles. The van der Waals surface area contributed by atoms with Gasteiger partial charge in [-0.15, -0.1) is 0 Å². The van der Waals surface area contributed by atoms with Crippen LogP contribution in [0, 0.1) is 5.82 Å². The van der Waals surface area contributed by atoms with E-state index >= 15 is 0 Å². The highest BCUT2D eigenvalue weighted by Gasteiger charge is 2.42. The number of anilines is 1. The summed E-state index contributed by atoms with van der Waals surface area (Å²) in [6.07, 6.45) is 1.53. The van der Waals surface area contributed by atoms with E-state index in [0.29, 0.717) is 12.8 Å². The van der Waals surface area contributed by atoms with Gasteiger partial charge in [0.05, 0.1) is 11.1 Å². The van der Waals surface area contributed by atoms with Crippen molar-refractivity contribution in [1.82, 2.24) is 25.1 Å². The zero-order valence-corrected chi connectivity index (χ0v) is 13.7. The van der Waals surface area contributed by atoms with Gasteiger partial charge in [-0.25, -0.2) is 14.4 Å². The average Bonchev–Trinajstić information content (AvgIpc) is 3.10. The lowest BCUT2D eigenvalue weighted by atomic mass is 9.74. The van der Waals surface area contributed by atoms with E-state index in [1.165, 1.54) is 30.7 Å². The molecule has 11 heteroatoms. The number of rotatable bonds is 4.